The summed E-state index contributed by atoms with van der Waals surface area (Å²) in [6, 6.07) is 6.31. The van der Waals surface area contributed by atoms with Crippen LogP contribution in [0.15, 0.2) is 18.2 Å². The Hall–Kier alpha value is -0.770. The number of hydrogen-bond acceptors (Lipinski definition) is 3. The Bertz CT molecular complexity index is 369. The van der Waals surface area contributed by atoms with E-state index in [1.165, 1.54) is 0 Å². The second-order valence-corrected chi connectivity index (χ2v) is 5.24. The highest BCUT2D eigenvalue weighted by Gasteiger charge is 2.07. The van der Waals surface area contributed by atoms with Crippen LogP contribution in [-0.4, -0.2) is 38.2 Å². The molecule has 0 saturated heterocycles. The van der Waals surface area contributed by atoms with Gasteiger partial charge in [0.05, 0.1) is 7.11 Å². The average molecular weight is 271 g/mol. The monoisotopic (exact) mass is 270 g/mol. The number of nitrogens with one attached hydrogen (secondary N) is 1. The third-order valence-electron chi connectivity index (χ3n) is 2.74. The number of ether oxygens (including phenoxy) is 1. The molecule has 0 heterocycles. The highest BCUT2D eigenvalue weighted by atomic mass is 35.5. The van der Waals surface area contributed by atoms with Crippen LogP contribution < -0.4 is 10.1 Å². The SMILES string of the molecule is COc1cc(Cl)ccc1CN(C)CCNC(C)C. The first kappa shape index (κ1) is 15.3. The molecule has 102 valence electrons. The molecule has 0 aliphatic rings. The van der Waals surface area contributed by atoms with Gasteiger partial charge >= 0.3 is 0 Å². The molecule has 0 bridgehead atoms. The second-order valence-electron chi connectivity index (χ2n) is 4.80. The van der Waals surface area contributed by atoms with Crippen molar-refractivity contribution in [3.05, 3.63) is 28.8 Å². The van der Waals surface area contributed by atoms with Crippen molar-refractivity contribution in [2.45, 2.75) is 26.4 Å². The van der Waals surface area contributed by atoms with Gasteiger partial charge in [0.2, 0.25) is 0 Å². The quantitative estimate of drug-likeness (QED) is 0.825. The van der Waals surface area contributed by atoms with Gasteiger partial charge in [-0.15, -0.1) is 0 Å². The fraction of sp³-hybridized carbons (Fsp3) is 0.571. The van der Waals surface area contributed by atoms with Gasteiger partial charge in [-0.3, -0.25) is 0 Å². The summed E-state index contributed by atoms with van der Waals surface area (Å²) >= 11 is 5.95. The van der Waals surface area contributed by atoms with Crippen LogP contribution in [0.4, 0.5) is 0 Å². The number of hydrogen-bond donors (Lipinski definition) is 1. The molecule has 0 fully saturated rings. The lowest BCUT2D eigenvalue weighted by molar-refractivity contribution is 0.312. The smallest absolute Gasteiger partial charge is 0.124 e. The first-order valence-corrected chi connectivity index (χ1v) is 6.65. The topological polar surface area (TPSA) is 24.5 Å². The van der Waals surface area contributed by atoms with Gasteiger partial charge in [-0.05, 0) is 19.2 Å². The minimum Gasteiger partial charge on any atom is -0.496 e. The molecule has 0 spiro atoms. The summed E-state index contributed by atoms with van der Waals surface area (Å²) in [5.74, 6) is 0.853. The zero-order valence-electron chi connectivity index (χ0n) is 11.7. The molecular weight excluding hydrogens is 248 g/mol. The Balaban J connectivity index is 2.50. The van der Waals surface area contributed by atoms with Crippen molar-refractivity contribution in [2.24, 2.45) is 0 Å². The number of rotatable bonds is 7. The zero-order valence-corrected chi connectivity index (χ0v) is 12.4. The maximum atomic E-state index is 5.95. The molecule has 1 rings (SSSR count). The Morgan fingerprint density at radius 3 is 2.72 bits per heavy atom. The van der Waals surface area contributed by atoms with Crippen molar-refractivity contribution in [2.75, 3.05) is 27.2 Å². The highest BCUT2D eigenvalue weighted by molar-refractivity contribution is 6.30. The van der Waals surface area contributed by atoms with Gasteiger partial charge < -0.3 is 15.0 Å². The van der Waals surface area contributed by atoms with Gasteiger partial charge in [-0.1, -0.05) is 31.5 Å². The lowest BCUT2D eigenvalue weighted by atomic mass is 10.2. The van der Waals surface area contributed by atoms with Crippen molar-refractivity contribution in [1.29, 1.82) is 0 Å². The molecular formula is C14H23ClN2O. The normalized spacial score (nSPS) is 11.3. The lowest BCUT2D eigenvalue weighted by Gasteiger charge is -2.19. The molecule has 0 aliphatic heterocycles. The zero-order chi connectivity index (χ0) is 13.5. The fourth-order valence-electron chi connectivity index (χ4n) is 1.76. The molecule has 4 heteroatoms. The first-order valence-electron chi connectivity index (χ1n) is 6.27. The summed E-state index contributed by atoms with van der Waals surface area (Å²) in [5.41, 5.74) is 1.16. The lowest BCUT2D eigenvalue weighted by Crippen LogP contribution is -2.32. The van der Waals surface area contributed by atoms with E-state index in [1.54, 1.807) is 7.11 Å². The van der Waals surface area contributed by atoms with Crippen LogP contribution >= 0.6 is 11.6 Å². The Labute approximate surface area is 115 Å². The van der Waals surface area contributed by atoms with Crippen molar-refractivity contribution < 1.29 is 4.74 Å². The van der Waals surface area contributed by atoms with E-state index in [-0.39, 0.29) is 0 Å². The summed E-state index contributed by atoms with van der Waals surface area (Å²) in [4.78, 5) is 2.27. The van der Waals surface area contributed by atoms with Crippen LogP contribution in [-0.2, 0) is 6.54 Å². The molecule has 18 heavy (non-hydrogen) atoms. The summed E-state index contributed by atoms with van der Waals surface area (Å²) in [7, 11) is 3.78. The number of nitrogens with zero attached hydrogens (tertiary/aromatic N) is 1. The van der Waals surface area contributed by atoms with E-state index in [1.807, 2.05) is 18.2 Å². The summed E-state index contributed by atoms with van der Waals surface area (Å²) < 4.78 is 5.34. The standard InChI is InChI=1S/C14H23ClN2O/c1-11(2)16-7-8-17(3)10-12-5-6-13(15)9-14(12)18-4/h5-6,9,11,16H,7-8,10H2,1-4H3. The molecule has 1 N–H and O–H groups in total. The molecule has 0 radical (unpaired) electrons. The van der Waals surface area contributed by atoms with Crippen LogP contribution in [0.5, 0.6) is 5.75 Å². The average Bonchev–Trinajstić information content (AvgIpc) is 2.31. The van der Waals surface area contributed by atoms with Gasteiger partial charge in [0.1, 0.15) is 5.75 Å². The summed E-state index contributed by atoms with van der Waals surface area (Å²) in [6.45, 7) is 7.17. The number of methoxy groups -OCH3 is 1. The predicted molar refractivity (Wildman–Crippen MR) is 77.5 cm³/mol. The maximum Gasteiger partial charge on any atom is 0.124 e. The molecule has 0 aliphatic carbocycles. The van der Waals surface area contributed by atoms with Gasteiger partial charge in [0.25, 0.3) is 0 Å². The minimum absolute atomic E-state index is 0.531. The fourth-order valence-corrected chi connectivity index (χ4v) is 1.93. The van der Waals surface area contributed by atoms with E-state index in [4.69, 9.17) is 16.3 Å². The third-order valence-corrected chi connectivity index (χ3v) is 2.97. The number of likely N-dealkylation sites (N-methyl/N-ethyl adjacent to an activating group) is 1. The Morgan fingerprint density at radius 1 is 1.39 bits per heavy atom. The van der Waals surface area contributed by atoms with E-state index in [0.717, 1.165) is 30.9 Å². The van der Waals surface area contributed by atoms with Gasteiger partial charge in [0, 0.05) is 36.3 Å². The molecule has 0 amide bonds. The van der Waals surface area contributed by atoms with Crippen LogP contribution in [0.1, 0.15) is 19.4 Å². The Kier molecular flexibility index (Phi) is 6.47. The predicted octanol–water partition coefficient (Wildman–Crippen LogP) is 2.78. The van der Waals surface area contributed by atoms with Crippen LogP contribution in [0.25, 0.3) is 0 Å². The highest BCUT2D eigenvalue weighted by Crippen LogP contribution is 2.23. The van der Waals surface area contributed by atoms with E-state index >= 15 is 0 Å². The van der Waals surface area contributed by atoms with Crippen LogP contribution in [0, 0.1) is 0 Å². The van der Waals surface area contributed by atoms with Crippen molar-refractivity contribution in [1.82, 2.24) is 10.2 Å². The molecule has 0 saturated carbocycles. The van der Waals surface area contributed by atoms with E-state index in [0.29, 0.717) is 11.1 Å². The van der Waals surface area contributed by atoms with Crippen molar-refractivity contribution in [3.63, 3.8) is 0 Å². The van der Waals surface area contributed by atoms with Crippen LogP contribution in [0.2, 0.25) is 5.02 Å². The summed E-state index contributed by atoms with van der Waals surface area (Å²) in [5, 5.41) is 4.11. The molecule has 1 aromatic rings. The minimum atomic E-state index is 0.531. The van der Waals surface area contributed by atoms with Crippen molar-refractivity contribution >= 4 is 11.6 Å². The van der Waals surface area contributed by atoms with Gasteiger partial charge in [0.15, 0.2) is 0 Å². The molecule has 0 aromatic heterocycles. The number of benzene rings is 1. The largest absolute Gasteiger partial charge is 0.496 e. The maximum absolute atomic E-state index is 5.95. The molecule has 3 nitrogen and oxygen atoms in total. The van der Waals surface area contributed by atoms with E-state index < -0.39 is 0 Å². The first-order chi connectivity index (χ1) is 8.52. The number of halogens is 1. The van der Waals surface area contributed by atoms with Gasteiger partial charge in [-0.2, -0.15) is 0 Å². The second kappa shape index (κ2) is 7.62. The third kappa shape index (κ3) is 5.25. The van der Waals surface area contributed by atoms with Gasteiger partial charge in [-0.25, -0.2) is 0 Å². The Morgan fingerprint density at radius 2 is 2.11 bits per heavy atom. The van der Waals surface area contributed by atoms with E-state index in [9.17, 15) is 0 Å². The summed E-state index contributed by atoms with van der Waals surface area (Å²) in [6.07, 6.45) is 0. The molecule has 0 unspecified atom stereocenters. The molecule has 1 aromatic carbocycles. The van der Waals surface area contributed by atoms with E-state index in [2.05, 4.69) is 31.1 Å². The van der Waals surface area contributed by atoms with Crippen molar-refractivity contribution in [3.8, 4) is 5.75 Å². The molecule has 0 atom stereocenters. The van der Waals surface area contributed by atoms with Crippen LogP contribution in [0.3, 0.4) is 0 Å².